The molecule has 1 aliphatic heterocycles. The summed E-state index contributed by atoms with van der Waals surface area (Å²) in [4.78, 5) is 13.0. The van der Waals surface area contributed by atoms with Crippen molar-refractivity contribution in [2.45, 2.75) is 37.8 Å². The van der Waals surface area contributed by atoms with Gasteiger partial charge in [0.05, 0.1) is 32.8 Å². The fraction of sp³-hybridized carbons (Fsp3) is 0.435. The highest BCUT2D eigenvalue weighted by Crippen LogP contribution is 2.32. The molecule has 0 saturated carbocycles. The highest BCUT2D eigenvalue weighted by molar-refractivity contribution is 5.85. The van der Waals surface area contributed by atoms with E-state index >= 15 is 0 Å². The molecule has 1 saturated heterocycles. The molecule has 1 fully saturated rings. The van der Waals surface area contributed by atoms with E-state index in [0.29, 0.717) is 23.8 Å². The van der Waals surface area contributed by atoms with Gasteiger partial charge in [0.2, 0.25) is 5.60 Å². The zero-order chi connectivity index (χ0) is 19.3. The Labute approximate surface area is 185 Å². The van der Waals surface area contributed by atoms with E-state index < -0.39 is 11.6 Å². The van der Waals surface area contributed by atoms with Gasteiger partial charge in [0.25, 0.3) is 0 Å². The maximum atomic E-state index is 13.0. The second-order valence-electron chi connectivity index (χ2n) is 7.68. The average Bonchev–Trinajstić information content (AvgIpc) is 3.09. The van der Waals surface area contributed by atoms with Crippen molar-refractivity contribution in [3.8, 4) is 0 Å². The van der Waals surface area contributed by atoms with Crippen LogP contribution in [0.4, 0.5) is 0 Å². The lowest BCUT2D eigenvalue weighted by atomic mass is 9.86. The van der Waals surface area contributed by atoms with Gasteiger partial charge in [0.1, 0.15) is 0 Å². The van der Waals surface area contributed by atoms with Gasteiger partial charge in [-0.3, -0.25) is 0 Å². The third-order valence-corrected chi connectivity index (χ3v) is 6.17. The Balaban J connectivity index is 0.00000280. The second-order valence-corrected chi connectivity index (χ2v) is 7.68. The van der Waals surface area contributed by atoms with Crippen LogP contribution >= 0.6 is 0 Å². The smallest absolute Gasteiger partial charge is 0.347 e. The molecule has 1 heterocycles. The molecule has 0 bridgehead atoms. The number of carbonyl (C=O) groups is 1. The first-order valence-electron chi connectivity index (χ1n) is 9.85. The molecule has 4 nitrogen and oxygen atoms in total. The number of benzene rings is 2. The summed E-state index contributed by atoms with van der Waals surface area (Å²) in [6, 6.07) is 18.6. The van der Waals surface area contributed by atoms with Crippen molar-refractivity contribution in [2.75, 3.05) is 26.7 Å². The van der Waals surface area contributed by atoms with Gasteiger partial charge in [-0.1, -0.05) is 60.7 Å². The first-order chi connectivity index (χ1) is 13.0. The SMILES string of the molecule is CC[N+]1(C)CCCC1CCOC(=O)C(O)(c1ccccc1)c1ccccc1.[I-]. The third kappa shape index (κ3) is 4.58. The summed E-state index contributed by atoms with van der Waals surface area (Å²) in [5, 5.41) is 11.4. The summed E-state index contributed by atoms with van der Waals surface area (Å²) in [6.45, 7) is 4.83. The predicted octanol–water partition coefficient (Wildman–Crippen LogP) is 0.489. The van der Waals surface area contributed by atoms with Crippen LogP contribution in [-0.2, 0) is 15.1 Å². The molecule has 2 atom stereocenters. The van der Waals surface area contributed by atoms with Gasteiger partial charge < -0.3 is 38.3 Å². The van der Waals surface area contributed by atoms with Crippen molar-refractivity contribution >= 4 is 5.97 Å². The molecule has 0 aromatic heterocycles. The van der Waals surface area contributed by atoms with Gasteiger partial charge in [-0.25, -0.2) is 4.79 Å². The number of hydrogen-bond acceptors (Lipinski definition) is 3. The maximum absolute atomic E-state index is 13.0. The molecule has 152 valence electrons. The summed E-state index contributed by atoms with van der Waals surface area (Å²) in [5.74, 6) is -0.608. The fourth-order valence-electron chi connectivity index (χ4n) is 4.21. The van der Waals surface area contributed by atoms with Crippen LogP contribution in [0.5, 0.6) is 0 Å². The molecule has 28 heavy (non-hydrogen) atoms. The van der Waals surface area contributed by atoms with Gasteiger partial charge >= 0.3 is 5.97 Å². The molecule has 3 rings (SSSR count). The number of ether oxygens (including phenoxy) is 1. The van der Waals surface area contributed by atoms with Crippen LogP contribution in [0.3, 0.4) is 0 Å². The zero-order valence-electron chi connectivity index (χ0n) is 16.7. The van der Waals surface area contributed by atoms with E-state index in [2.05, 4.69) is 14.0 Å². The quantitative estimate of drug-likeness (QED) is 0.346. The minimum atomic E-state index is -1.79. The molecule has 2 aromatic carbocycles. The van der Waals surface area contributed by atoms with Crippen LogP contribution in [0.2, 0.25) is 0 Å². The average molecular weight is 495 g/mol. The minimum Gasteiger partial charge on any atom is -1.00 e. The Hall–Kier alpha value is -1.44. The van der Waals surface area contributed by atoms with Crippen LogP contribution in [0.25, 0.3) is 0 Å². The molecule has 2 aromatic rings. The Morgan fingerprint density at radius 3 is 2.14 bits per heavy atom. The van der Waals surface area contributed by atoms with Crippen LogP contribution in [-0.4, -0.2) is 48.3 Å². The summed E-state index contributed by atoms with van der Waals surface area (Å²) in [5.41, 5.74) is -0.742. The van der Waals surface area contributed by atoms with E-state index in [1.807, 2.05) is 36.4 Å². The van der Waals surface area contributed by atoms with Crippen LogP contribution in [0, 0.1) is 0 Å². The first kappa shape index (κ1) is 22.8. The van der Waals surface area contributed by atoms with E-state index in [4.69, 9.17) is 4.74 Å². The van der Waals surface area contributed by atoms with Gasteiger partial charge in [-0.2, -0.15) is 0 Å². The molecular weight excluding hydrogens is 465 g/mol. The topological polar surface area (TPSA) is 46.5 Å². The highest BCUT2D eigenvalue weighted by atomic mass is 127. The molecule has 5 heteroatoms. The van der Waals surface area contributed by atoms with Crippen molar-refractivity contribution in [3.63, 3.8) is 0 Å². The lowest BCUT2D eigenvalue weighted by Crippen LogP contribution is -3.00. The van der Waals surface area contributed by atoms with E-state index in [-0.39, 0.29) is 24.0 Å². The molecule has 0 radical (unpaired) electrons. The number of nitrogens with zero attached hydrogens (tertiary/aromatic N) is 1. The monoisotopic (exact) mass is 495 g/mol. The molecular formula is C23H30INO3. The lowest BCUT2D eigenvalue weighted by molar-refractivity contribution is -0.919. The summed E-state index contributed by atoms with van der Waals surface area (Å²) in [6.07, 6.45) is 3.22. The Kier molecular flexibility index (Phi) is 8.04. The van der Waals surface area contributed by atoms with Crippen LogP contribution in [0.1, 0.15) is 37.3 Å². The van der Waals surface area contributed by atoms with Gasteiger partial charge in [-0.05, 0) is 18.1 Å². The predicted molar refractivity (Wildman–Crippen MR) is 106 cm³/mol. The minimum absolute atomic E-state index is 0. The molecule has 1 N–H and O–H groups in total. The van der Waals surface area contributed by atoms with E-state index in [1.54, 1.807) is 24.3 Å². The number of hydrogen-bond donors (Lipinski definition) is 1. The lowest BCUT2D eigenvalue weighted by Gasteiger charge is -2.35. The summed E-state index contributed by atoms with van der Waals surface area (Å²) in [7, 11) is 2.28. The second kappa shape index (κ2) is 9.85. The zero-order valence-corrected chi connectivity index (χ0v) is 18.8. The Morgan fingerprint density at radius 1 is 1.11 bits per heavy atom. The summed E-state index contributed by atoms with van der Waals surface area (Å²) < 4.78 is 6.66. The molecule has 1 aliphatic rings. The summed E-state index contributed by atoms with van der Waals surface area (Å²) >= 11 is 0. The Bertz CT molecular complexity index is 713. The van der Waals surface area contributed by atoms with Gasteiger partial charge in [-0.15, -0.1) is 0 Å². The van der Waals surface area contributed by atoms with Crippen molar-refractivity contribution in [2.24, 2.45) is 0 Å². The number of quaternary nitrogens is 1. The van der Waals surface area contributed by atoms with Crippen LogP contribution in [0.15, 0.2) is 60.7 Å². The molecule has 0 spiro atoms. The first-order valence-corrected chi connectivity index (χ1v) is 9.85. The molecule has 0 aliphatic carbocycles. The maximum Gasteiger partial charge on any atom is 0.347 e. The number of aliphatic hydroxyl groups is 1. The molecule has 2 unspecified atom stereocenters. The highest BCUT2D eigenvalue weighted by Gasteiger charge is 2.42. The largest absolute Gasteiger partial charge is 1.00 e. The number of esters is 1. The number of likely N-dealkylation sites (tertiary alicyclic amines) is 1. The number of rotatable bonds is 7. The standard InChI is InChI=1S/C23H30NO3.HI/c1-3-24(2)17-10-15-21(24)16-18-27-22(25)23(26,19-11-6-4-7-12-19)20-13-8-5-9-14-20;/h4-9,11-14,21,26H,3,10,15-18H2,1-2H3;1H/q+1;/p-1. The number of halogens is 1. The fourth-order valence-corrected chi connectivity index (χ4v) is 4.21. The van der Waals surface area contributed by atoms with Gasteiger partial charge in [0, 0.05) is 19.3 Å². The van der Waals surface area contributed by atoms with Crippen molar-refractivity contribution in [1.29, 1.82) is 0 Å². The van der Waals surface area contributed by atoms with E-state index in [1.165, 1.54) is 19.4 Å². The third-order valence-electron chi connectivity index (χ3n) is 6.17. The molecule has 0 amide bonds. The van der Waals surface area contributed by atoms with E-state index in [9.17, 15) is 9.90 Å². The van der Waals surface area contributed by atoms with Crippen molar-refractivity contribution in [1.82, 2.24) is 0 Å². The normalized spacial score (nSPS) is 21.8. The Morgan fingerprint density at radius 2 is 1.64 bits per heavy atom. The van der Waals surface area contributed by atoms with Gasteiger partial charge in [0.15, 0.2) is 0 Å². The van der Waals surface area contributed by atoms with Crippen molar-refractivity contribution < 1.29 is 43.1 Å². The number of carbonyl (C=O) groups excluding carboxylic acids is 1. The van der Waals surface area contributed by atoms with Crippen LogP contribution < -0.4 is 24.0 Å². The van der Waals surface area contributed by atoms with E-state index in [0.717, 1.165) is 17.4 Å². The van der Waals surface area contributed by atoms with Crippen molar-refractivity contribution in [3.05, 3.63) is 71.8 Å².